The van der Waals surface area contributed by atoms with Crippen LogP contribution in [0.3, 0.4) is 0 Å². The molecule has 14 heavy (non-hydrogen) atoms. The lowest BCUT2D eigenvalue weighted by Crippen LogP contribution is -1.98. The minimum Gasteiger partial charge on any atom is -0.324 e. The van der Waals surface area contributed by atoms with Crippen LogP contribution in [0.2, 0.25) is 0 Å². The number of rotatable bonds is 2. The number of nitrogens with zero attached hydrogens (tertiary/aromatic N) is 5. The molecule has 7 nitrogen and oxygen atoms in total. The summed E-state index contributed by atoms with van der Waals surface area (Å²) in [7, 11) is 0. The van der Waals surface area contributed by atoms with Crippen LogP contribution in [-0.2, 0) is 6.54 Å². The molecule has 0 unspecified atom stereocenters. The Hall–Kier alpha value is -1.18. The van der Waals surface area contributed by atoms with Gasteiger partial charge in [0, 0.05) is 0 Å². The molecule has 2 aromatic rings. The van der Waals surface area contributed by atoms with Crippen molar-refractivity contribution in [2.45, 2.75) is 6.54 Å². The zero-order valence-electron chi connectivity index (χ0n) is 6.99. The molecule has 0 aliphatic heterocycles. The molecule has 0 atom stereocenters. The molecule has 0 aliphatic rings. The van der Waals surface area contributed by atoms with Gasteiger partial charge in [-0.15, -0.1) is 40.1 Å². The van der Waals surface area contributed by atoms with Gasteiger partial charge in [0.25, 0.3) is 5.95 Å². The average molecular weight is 238 g/mol. The molecule has 0 saturated carbocycles. The van der Waals surface area contributed by atoms with E-state index in [0.29, 0.717) is 18.3 Å². The summed E-state index contributed by atoms with van der Waals surface area (Å²) in [4.78, 5) is 4.06. The van der Waals surface area contributed by atoms with Gasteiger partial charge in [0.15, 0.2) is 0 Å². The van der Waals surface area contributed by atoms with Gasteiger partial charge in [-0.25, -0.2) is 0 Å². The Morgan fingerprint density at radius 1 is 1.29 bits per heavy atom. The van der Waals surface area contributed by atoms with Crippen LogP contribution in [0.5, 0.6) is 0 Å². The summed E-state index contributed by atoms with van der Waals surface area (Å²) < 4.78 is 1.59. The number of hydrogen-bond donors (Lipinski definition) is 2. The Morgan fingerprint density at radius 3 is 2.43 bits per heavy atom. The van der Waals surface area contributed by atoms with Crippen LogP contribution in [0.25, 0.3) is 5.95 Å². The molecule has 0 aromatic carbocycles. The summed E-state index contributed by atoms with van der Waals surface area (Å²) in [5.74, 6) is 1.14. The SMILES string of the molecule is Cl.Cl.NCc1nc(-n2cnnc2)n[nH]1. The lowest BCUT2D eigenvalue weighted by molar-refractivity contribution is 0.915. The summed E-state index contributed by atoms with van der Waals surface area (Å²) in [6.07, 6.45) is 3.03. The van der Waals surface area contributed by atoms with E-state index in [1.165, 1.54) is 12.7 Å². The van der Waals surface area contributed by atoms with Gasteiger partial charge < -0.3 is 5.73 Å². The third-order valence-electron chi connectivity index (χ3n) is 1.36. The maximum atomic E-state index is 5.34. The third kappa shape index (κ3) is 2.41. The van der Waals surface area contributed by atoms with Gasteiger partial charge in [0.05, 0.1) is 6.54 Å². The van der Waals surface area contributed by atoms with Crippen molar-refractivity contribution in [2.75, 3.05) is 0 Å². The first-order valence-corrected chi connectivity index (χ1v) is 3.36. The quantitative estimate of drug-likeness (QED) is 0.747. The van der Waals surface area contributed by atoms with Gasteiger partial charge in [0.2, 0.25) is 0 Å². The fraction of sp³-hybridized carbons (Fsp3) is 0.200. The fourth-order valence-corrected chi connectivity index (χ4v) is 0.796. The molecule has 0 fully saturated rings. The predicted molar refractivity (Wildman–Crippen MR) is 53.7 cm³/mol. The highest BCUT2D eigenvalue weighted by molar-refractivity contribution is 5.85. The second-order valence-corrected chi connectivity index (χ2v) is 2.16. The Bertz CT molecular complexity index is 356. The molecular weight excluding hydrogens is 229 g/mol. The highest BCUT2D eigenvalue weighted by Gasteiger charge is 2.02. The van der Waals surface area contributed by atoms with Crippen LogP contribution in [0.15, 0.2) is 12.7 Å². The molecular formula is C5H9Cl2N7. The Kier molecular flexibility index (Phi) is 5.06. The predicted octanol–water partition coefficient (Wildman–Crippen LogP) is -0.312. The zero-order chi connectivity index (χ0) is 8.39. The number of hydrogen-bond acceptors (Lipinski definition) is 5. The van der Waals surface area contributed by atoms with Crippen molar-refractivity contribution in [3.63, 3.8) is 0 Å². The summed E-state index contributed by atoms with van der Waals surface area (Å²) in [6, 6.07) is 0. The Labute approximate surface area is 91.9 Å². The average Bonchev–Trinajstić information content (AvgIpc) is 2.75. The van der Waals surface area contributed by atoms with Crippen molar-refractivity contribution >= 4 is 24.8 Å². The molecule has 78 valence electrons. The number of halogens is 2. The number of aromatic amines is 1. The third-order valence-corrected chi connectivity index (χ3v) is 1.36. The van der Waals surface area contributed by atoms with Crippen molar-refractivity contribution in [2.24, 2.45) is 5.73 Å². The molecule has 0 aliphatic carbocycles. The minimum absolute atomic E-state index is 0. The maximum absolute atomic E-state index is 5.34. The first-order valence-electron chi connectivity index (χ1n) is 3.36. The van der Waals surface area contributed by atoms with E-state index in [0.717, 1.165) is 0 Å². The molecule has 3 N–H and O–H groups in total. The van der Waals surface area contributed by atoms with Crippen molar-refractivity contribution in [1.29, 1.82) is 0 Å². The van der Waals surface area contributed by atoms with Crippen molar-refractivity contribution < 1.29 is 0 Å². The Morgan fingerprint density at radius 2 is 1.93 bits per heavy atom. The van der Waals surface area contributed by atoms with Gasteiger partial charge in [-0.1, -0.05) is 0 Å². The van der Waals surface area contributed by atoms with E-state index in [9.17, 15) is 0 Å². The van der Waals surface area contributed by atoms with Crippen molar-refractivity contribution in [3.05, 3.63) is 18.5 Å². The lowest BCUT2D eigenvalue weighted by Gasteiger charge is -1.88. The first-order chi connectivity index (χ1) is 5.90. The topological polar surface area (TPSA) is 98.3 Å². The van der Waals surface area contributed by atoms with E-state index in [-0.39, 0.29) is 24.8 Å². The van der Waals surface area contributed by atoms with Crippen LogP contribution in [0.4, 0.5) is 0 Å². The maximum Gasteiger partial charge on any atom is 0.255 e. The normalized spacial score (nSPS) is 8.93. The van der Waals surface area contributed by atoms with Crippen LogP contribution in [0.1, 0.15) is 5.82 Å². The minimum atomic E-state index is 0. The van der Waals surface area contributed by atoms with Gasteiger partial charge in [-0.05, 0) is 0 Å². The van der Waals surface area contributed by atoms with Crippen molar-refractivity contribution in [3.8, 4) is 5.95 Å². The number of aromatic nitrogens is 6. The molecule has 0 amide bonds. The molecule has 2 rings (SSSR count). The Balaban J connectivity index is 0.000000845. The van der Waals surface area contributed by atoms with E-state index in [1.807, 2.05) is 0 Å². The summed E-state index contributed by atoms with van der Waals surface area (Å²) in [6.45, 7) is 0.342. The second-order valence-electron chi connectivity index (χ2n) is 2.16. The van der Waals surface area contributed by atoms with Gasteiger partial charge in [-0.2, -0.15) is 4.98 Å². The summed E-state index contributed by atoms with van der Waals surface area (Å²) >= 11 is 0. The molecule has 0 bridgehead atoms. The first kappa shape index (κ1) is 12.8. The monoisotopic (exact) mass is 237 g/mol. The summed E-state index contributed by atoms with van der Waals surface area (Å²) in [5.41, 5.74) is 5.34. The zero-order valence-corrected chi connectivity index (χ0v) is 8.62. The van der Waals surface area contributed by atoms with Crippen LogP contribution in [0, 0.1) is 0 Å². The van der Waals surface area contributed by atoms with Gasteiger partial charge in [-0.3, -0.25) is 9.67 Å². The van der Waals surface area contributed by atoms with E-state index in [4.69, 9.17) is 5.73 Å². The highest BCUT2D eigenvalue weighted by Crippen LogP contribution is 1.96. The van der Waals surface area contributed by atoms with Crippen LogP contribution >= 0.6 is 24.8 Å². The fourth-order valence-electron chi connectivity index (χ4n) is 0.796. The molecule has 0 radical (unpaired) electrons. The molecule has 0 saturated heterocycles. The number of H-pyrrole nitrogens is 1. The lowest BCUT2D eigenvalue weighted by atomic mass is 10.6. The largest absolute Gasteiger partial charge is 0.324 e. The second kappa shape index (κ2) is 5.53. The summed E-state index contributed by atoms with van der Waals surface area (Å²) in [5, 5.41) is 13.8. The van der Waals surface area contributed by atoms with Crippen LogP contribution in [-0.4, -0.2) is 29.9 Å². The molecule has 0 spiro atoms. The number of nitrogens with one attached hydrogen (secondary N) is 1. The van der Waals surface area contributed by atoms with E-state index >= 15 is 0 Å². The standard InChI is InChI=1S/C5H7N7.2ClH/c6-1-4-9-5(11-10-4)12-2-7-8-3-12;;/h2-3H,1,6H2,(H,9,10,11);2*1H. The van der Waals surface area contributed by atoms with Crippen molar-refractivity contribution in [1.82, 2.24) is 29.9 Å². The van der Waals surface area contributed by atoms with Crippen LogP contribution < -0.4 is 5.73 Å². The van der Waals surface area contributed by atoms with E-state index in [2.05, 4.69) is 25.4 Å². The smallest absolute Gasteiger partial charge is 0.255 e. The van der Waals surface area contributed by atoms with E-state index in [1.54, 1.807) is 4.57 Å². The van der Waals surface area contributed by atoms with Gasteiger partial charge >= 0.3 is 0 Å². The molecule has 9 heteroatoms. The number of nitrogens with two attached hydrogens (primary N) is 1. The molecule has 2 aromatic heterocycles. The molecule has 2 heterocycles. The highest BCUT2D eigenvalue weighted by atomic mass is 35.5. The van der Waals surface area contributed by atoms with Gasteiger partial charge in [0.1, 0.15) is 18.5 Å². The van der Waals surface area contributed by atoms with E-state index < -0.39 is 0 Å².